The second-order valence-electron chi connectivity index (χ2n) is 6.97. The summed E-state index contributed by atoms with van der Waals surface area (Å²) in [4.78, 5) is 0. The zero-order chi connectivity index (χ0) is 16.0. The van der Waals surface area contributed by atoms with Gasteiger partial charge in [0.2, 0.25) is 8.32 Å². The summed E-state index contributed by atoms with van der Waals surface area (Å²) in [6.45, 7) is 20.3. The first-order valence-electron chi connectivity index (χ1n) is 8.03. The van der Waals surface area contributed by atoms with Crippen molar-refractivity contribution in [3.8, 4) is 0 Å². The van der Waals surface area contributed by atoms with Crippen LogP contribution >= 0.6 is 0 Å². The highest BCUT2D eigenvalue weighted by atomic mass is 28.5. The normalized spacial score (nSPS) is 18.9. The van der Waals surface area contributed by atoms with E-state index in [-0.39, 0.29) is 0 Å². The molecular weight excluding hydrogens is 316 g/mol. The van der Waals surface area contributed by atoms with E-state index in [1.807, 2.05) is 0 Å². The Bertz CT molecular complexity index is 289. The molecule has 20 heavy (non-hydrogen) atoms. The Balaban J connectivity index is 4.87. The van der Waals surface area contributed by atoms with Gasteiger partial charge < -0.3 is 12.7 Å². The van der Waals surface area contributed by atoms with E-state index < -0.39 is 34.2 Å². The van der Waals surface area contributed by atoms with E-state index in [0.717, 1.165) is 24.4 Å². The van der Waals surface area contributed by atoms with Crippen molar-refractivity contribution in [2.45, 2.75) is 78.2 Å². The first-order chi connectivity index (χ1) is 9.01. The molecule has 0 radical (unpaired) electrons. The molecule has 2 atom stereocenters. The van der Waals surface area contributed by atoms with Crippen molar-refractivity contribution < 1.29 is 12.7 Å². The molecule has 0 amide bonds. The van der Waals surface area contributed by atoms with Gasteiger partial charge in [-0.1, -0.05) is 20.8 Å². The summed E-state index contributed by atoms with van der Waals surface area (Å²) < 4.78 is 19.3. The molecule has 0 spiro atoms. The Morgan fingerprint density at radius 2 is 1.35 bits per heavy atom. The third kappa shape index (κ3) is 7.67. The van der Waals surface area contributed by atoms with Crippen LogP contribution in [0.5, 0.6) is 0 Å². The monoisotopic (exact) mass is 352 g/mol. The molecule has 122 valence electrons. The van der Waals surface area contributed by atoms with Gasteiger partial charge in [-0.2, -0.15) is 0 Å². The SMILES string of the molecule is CC[Si](C)(C)O[Si](C)(CC)O[Si](C)(CC)CO[SiH](C)C. The number of hydrogen-bond acceptors (Lipinski definition) is 3. The highest BCUT2D eigenvalue weighted by molar-refractivity contribution is 6.88. The molecule has 0 aliphatic rings. The molecule has 0 saturated carbocycles. The quantitative estimate of drug-likeness (QED) is 0.543. The van der Waals surface area contributed by atoms with Crippen molar-refractivity contribution in [2.24, 2.45) is 0 Å². The fraction of sp³-hybridized carbons (Fsp3) is 1.00. The van der Waals surface area contributed by atoms with Crippen LogP contribution < -0.4 is 0 Å². The molecule has 0 fully saturated rings. The maximum absolute atomic E-state index is 6.70. The minimum absolute atomic E-state index is 0.841. The first-order valence-corrected chi connectivity index (χ1v) is 19.3. The standard InChI is InChI=1S/C13H36O3Si4/c1-10-18(6,7)15-20(9,12-3)16-19(8,11-2)13-14-17(4)5/h17H,10-13H2,1-9H3. The largest absolute Gasteiger partial charge is 0.436 e. The fourth-order valence-corrected chi connectivity index (χ4v) is 16.8. The predicted molar refractivity (Wildman–Crippen MR) is 99.2 cm³/mol. The third-order valence-electron chi connectivity index (χ3n) is 3.92. The number of hydrogen-bond donors (Lipinski definition) is 0. The summed E-state index contributed by atoms with van der Waals surface area (Å²) in [6.07, 6.45) is 0.841. The Morgan fingerprint density at radius 3 is 1.70 bits per heavy atom. The van der Waals surface area contributed by atoms with Gasteiger partial charge in [0, 0.05) is 0 Å². The maximum atomic E-state index is 6.70. The van der Waals surface area contributed by atoms with Crippen LogP contribution in [0.4, 0.5) is 0 Å². The van der Waals surface area contributed by atoms with Crippen LogP contribution in [0.3, 0.4) is 0 Å². The molecule has 0 aromatic rings. The summed E-state index contributed by atoms with van der Waals surface area (Å²) in [7, 11) is -6.37. The van der Waals surface area contributed by atoms with Crippen LogP contribution in [0.2, 0.25) is 57.4 Å². The van der Waals surface area contributed by atoms with Crippen LogP contribution in [0, 0.1) is 0 Å². The molecule has 0 aliphatic heterocycles. The molecule has 2 unspecified atom stereocenters. The first kappa shape index (κ1) is 20.7. The molecule has 0 saturated heterocycles. The third-order valence-corrected chi connectivity index (χ3v) is 18.0. The van der Waals surface area contributed by atoms with Gasteiger partial charge in [-0.05, 0) is 57.4 Å². The van der Waals surface area contributed by atoms with Gasteiger partial charge in [-0.15, -0.1) is 0 Å². The fourth-order valence-electron chi connectivity index (χ4n) is 1.89. The minimum atomic E-state index is -2.05. The summed E-state index contributed by atoms with van der Waals surface area (Å²) >= 11 is 0. The molecule has 0 heterocycles. The topological polar surface area (TPSA) is 27.7 Å². The molecular formula is C13H36O3Si4. The Morgan fingerprint density at radius 1 is 0.800 bits per heavy atom. The van der Waals surface area contributed by atoms with Gasteiger partial charge in [0.15, 0.2) is 17.4 Å². The van der Waals surface area contributed by atoms with E-state index in [9.17, 15) is 0 Å². The molecule has 3 nitrogen and oxygen atoms in total. The summed E-state index contributed by atoms with van der Waals surface area (Å²) in [5.74, 6) is 0. The van der Waals surface area contributed by atoms with E-state index in [1.165, 1.54) is 0 Å². The van der Waals surface area contributed by atoms with Crippen LogP contribution in [0.1, 0.15) is 20.8 Å². The second-order valence-corrected chi connectivity index (χ2v) is 22.1. The van der Waals surface area contributed by atoms with Crippen molar-refractivity contribution in [1.82, 2.24) is 0 Å². The van der Waals surface area contributed by atoms with Crippen LogP contribution in [0.15, 0.2) is 0 Å². The summed E-state index contributed by atoms with van der Waals surface area (Å²) in [6, 6.07) is 3.29. The average molecular weight is 353 g/mol. The summed E-state index contributed by atoms with van der Waals surface area (Å²) in [5.41, 5.74) is 0. The lowest BCUT2D eigenvalue weighted by molar-refractivity contribution is 0.327. The molecule has 0 N–H and O–H groups in total. The predicted octanol–water partition coefficient (Wildman–Crippen LogP) is 4.47. The molecule has 0 aromatic carbocycles. The van der Waals surface area contributed by atoms with E-state index in [2.05, 4.69) is 60.1 Å². The maximum Gasteiger partial charge on any atom is 0.314 e. The van der Waals surface area contributed by atoms with Crippen molar-refractivity contribution in [2.75, 3.05) is 6.23 Å². The van der Waals surface area contributed by atoms with Crippen molar-refractivity contribution in [3.05, 3.63) is 0 Å². The smallest absolute Gasteiger partial charge is 0.314 e. The van der Waals surface area contributed by atoms with Gasteiger partial charge in [-0.25, -0.2) is 0 Å². The van der Waals surface area contributed by atoms with E-state index in [0.29, 0.717) is 0 Å². The van der Waals surface area contributed by atoms with Gasteiger partial charge >= 0.3 is 8.56 Å². The van der Waals surface area contributed by atoms with Crippen molar-refractivity contribution >= 4 is 34.2 Å². The van der Waals surface area contributed by atoms with Crippen molar-refractivity contribution in [1.29, 1.82) is 0 Å². The lowest BCUT2D eigenvalue weighted by atomic mass is 11.0. The highest BCUT2D eigenvalue weighted by Gasteiger charge is 2.42. The molecule has 0 bridgehead atoms. The van der Waals surface area contributed by atoms with Gasteiger partial charge in [0.25, 0.3) is 0 Å². The van der Waals surface area contributed by atoms with E-state index in [1.54, 1.807) is 0 Å². The summed E-state index contributed by atoms with van der Waals surface area (Å²) in [5, 5.41) is 0. The van der Waals surface area contributed by atoms with Gasteiger partial charge in [-0.3, -0.25) is 0 Å². The van der Waals surface area contributed by atoms with Crippen LogP contribution in [-0.2, 0) is 12.7 Å². The average Bonchev–Trinajstić information content (AvgIpc) is 2.36. The molecule has 0 aliphatic carbocycles. The zero-order valence-electron chi connectivity index (χ0n) is 15.1. The molecule has 0 aromatic heterocycles. The van der Waals surface area contributed by atoms with Gasteiger partial charge in [0.1, 0.15) is 0 Å². The van der Waals surface area contributed by atoms with Crippen LogP contribution in [0.25, 0.3) is 0 Å². The number of rotatable bonds is 10. The van der Waals surface area contributed by atoms with E-state index >= 15 is 0 Å². The van der Waals surface area contributed by atoms with E-state index in [4.69, 9.17) is 12.7 Å². The molecule has 7 heteroatoms. The lowest BCUT2D eigenvalue weighted by Gasteiger charge is -2.41. The van der Waals surface area contributed by atoms with Crippen LogP contribution in [-0.4, -0.2) is 40.5 Å². The van der Waals surface area contributed by atoms with Crippen molar-refractivity contribution in [3.63, 3.8) is 0 Å². The Labute approximate surface area is 131 Å². The molecule has 0 rings (SSSR count). The zero-order valence-corrected chi connectivity index (χ0v) is 19.3. The second kappa shape index (κ2) is 8.40. The van der Waals surface area contributed by atoms with Gasteiger partial charge in [0.05, 0.1) is 6.23 Å². The lowest BCUT2D eigenvalue weighted by Crippen LogP contribution is -2.56. The minimum Gasteiger partial charge on any atom is -0.436 e. The Hall–Kier alpha value is 0.748. The highest BCUT2D eigenvalue weighted by Crippen LogP contribution is 2.27. The Kier molecular flexibility index (Phi) is 8.71.